The van der Waals surface area contributed by atoms with E-state index in [1.54, 1.807) is 0 Å². The van der Waals surface area contributed by atoms with Crippen LogP contribution in [0.2, 0.25) is 0 Å². The van der Waals surface area contributed by atoms with Crippen LogP contribution in [-0.2, 0) is 24.2 Å². The average Bonchev–Trinajstić information content (AvgIpc) is 2.98. The monoisotopic (exact) mass is 312 g/mol. The minimum absolute atomic E-state index is 0.588. The standard InChI is InChI=1S/C15H25ClN4O/c1-4-10-21-11-6-9-19-13(7-8-16)17-14-12(3)18-20(5-2)15(14)19/h4-11H2,1-3H3. The van der Waals surface area contributed by atoms with Crippen LogP contribution in [0.15, 0.2) is 0 Å². The summed E-state index contributed by atoms with van der Waals surface area (Å²) in [5.74, 6) is 1.64. The molecule has 0 saturated carbocycles. The maximum atomic E-state index is 5.92. The molecule has 6 heteroatoms. The van der Waals surface area contributed by atoms with Crippen molar-refractivity contribution in [3.63, 3.8) is 0 Å². The lowest BCUT2D eigenvalue weighted by atomic mass is 10.4. The van der Waals surface area contributed by atoms with Gasteiger partial charge in [0.15, 0.2) is 5.65 Å². The topological polar surface area (TPSA) is 44.9 Å². The molecular weight excluding hydrogens is 288 g/mol. The third-order valence-electron chi connectivity index (χ3n) is 3.51. The molecule has 0 fully saturated rings. The van der Waals surface area contributed by atoms with Crippen molar-refractivity contribution < 1.29 is 4.74 Å². The number of halogens is 1. The molecule has 0 aliphatic heterocycles. The zero-order valence-corrected chi connectivity index (χ0v) is 14.0. The number of ether oxygens (including phenoxy) is 1. The summed E-state index contributed by atoms with van der Waals surface area (Å²) in [5.41, 5.74) is 3.11. The Morgan fingerprint density at radius 2 is 2.05 bits per heavy atom. The molecule has 0 bridgehead atoms. The van der Waals surface area contributed by atoms with Crippen molar-refractivity contribution in [2.24, 2.45) is 0 Å². The molecule has 2 heterocycles. The van der Waals surface area contributed by atoms with Gasteiger partial charge in [-0.3, -0.25) is 0 Å². The molecule has 0 N–H and O–H groups in total. The summed E-state index contributed by atoms with van der Waals surface area (Å²) in [6, 6.07) is 0. The molecule has 2 aromatic rings. The minimum Gasteiger partial charge on any atom is -0.381 e. The summed E-state index contributed by atoms with van der Waals surface area (Å²) in [6.45, 7) is 9.61. The molecule has 0 amide bonds. The highest BCUT2D eigenvalue weighted by molar-refractivity contribution is 6.17. The molecule has 0 saturated heterocycles. The summed E-state index contributed by atoms with van der Waals surface area (Å²) in [5, 5.41) is 4.56. The van der Waals surface area contributed by atoms with Gasteiger partial charge in [0.1, 0.15) is 11.3 Å². The fourth-order valence-corrected chi connectivity index (χ4v) is 2.74. The number of rotatable bonds is 9. The van der Waals surface area contributed by atoms with Crippen LogP contribution < -0.4 is 0 Å². The number of alkyl halides is 1. The van der Waals surface area contributed by atoms with E-state index in [4.69, 9.17) is 21.3 Å². The van der Waals surface area contributed by atoms with Crippen LogP contribution in [0, 0.1) is 6.92 Å². The fraction of sp³-hybridized carbons (Fsp3) is 0.733. The van der Waals surface area contributed by atoms with Crippen LogP contribution in [0.1, 0.15) is 38.2 Å². The largest absolute Gasteiger partial charge is 0.381 e. The van der Waals surface area contributed by atoms with Crippen LogP contribution in [0.3, 0.4) is 0 Å². The van der Waals surface area contributed by atoms with Crippen LogP contribution in [0.5, 0.6) is 0 Å². The molecule has 0 radical (unpaired) electrons. The minimum atomic E-state index is 0.588. The Balaban J connectivity index is 2.22. The number of hydrogen-bond acceptors (Lipinski definition) is 3. The second kappa shape index (κ2) is 7.80. The molecule has 2 rings (SSSR count). The summed E-state index contributed by atoms with van der Waals surface area (Å²) in [4.78, 5) is 4.74. The number of fused-ring (bicyclic) bond motifs is 1. The van der Waals surface area contributed by atoms with Crippen LogP contribution in [-0.4, -0.2) is 38.4 Å². The third-order valence-corrected chi connectivity index (χ3v) is 3.70. The number of aromatic nitrogens is 4. The summed E-state index contributed by atoms with van der Waals surface area (Å²) >= 11 is 5.92. The van der Waals surface area contributed by atoms with Crippen molar-refractivity contribution in [1.82, 2.24) is 19.3 Å². The highest BCUT2D eigenvalue weighted by atomic mass is 35.5. The summed E-state index contributed by atoms with van der Waals surface area (Å²) in [6.07, 6.45) is 2.83. The first-order valence-electron chi connectivity index (χ1n) is 7.79. The van der Waals surface area contributed by atoms with Gasteiger partial charge in [0.2, 0.25) is 0 Å². The Labute approximate surface area is 131 Å². The van der Waals surface area contributed by atoms with Crippen molar-refractivity contribution in [2.75, 3.05) is 19.1 Å². The quantitative estimate of drug-likeness (QED) is 0.528. The van der Waals surface area contributed by atoms with Gasteiger partial charge in [0, 0.05) is 38.6 Å². The number of nitrogens with zero attached hydrogens (tertiary/aromatic N) is 4. The molecule has 21 heavy (non-hydrogen) atoms. The van der Waals surface area contributed by atoms with E-state index in [9.17, 15) is 0 Å². The first-order valence-corrected chi connectivity index (χ1v) is 8.32. The predicted octanol–water partition coefficient (Wildman–Crippen LogP) is 3.16. The maximum Gasteiger partial charge on any atom is 0.158 e. The number of hydrogen-bond donors (Lipinski definition) is 0. The Kier molecular flexibility index (Phi) is 6.06. The highest BCUT2D eigenvalue weighted by Gasteiger charge is 2.17. The fourth-order valence-electron chi connectivity index (χ4n) is 2.57. The van der Waals surface area contributed by atoms with Gasteiger partial charge in [-0.1, -0.05) is 6.92 Å². The lowest BCUT2D eigenvalue weighted by molar-refractivity contribution is 0.129. The molecule has 2 aromatic heterocycles. The number of aryl methyl sites for hydroxylation is 4. The first kappa shape index (κ1) is 16.3. The zero-order chi connectivity index (χ0) is 15.2. The van der Waals surface area contributed by atoms with E-state index in [-0.39, 0.29) is 0 Å². The Morgan fingerprint density at radius 1 is 1.24 bits per heavy atom. The SMILES string of the molecule is CCCOCCCn1c(CCCl)nc2c(C)nn(CC)c21. The average molecular weight is 313 g/mol. The predicted molar refractivity (Wildman–Crippen MR) is 86.1 cm³/mol. The zero-order valence-electron chi connectivity index (χ0n) is 13.2. The van der Waals surface area contributed by atoms with E-state index < -0.39 is 0 Å². The Hall–Kier alpha value is -1.07. The Bertz CT molecular complexity index is 576. The van der Waals surface area contributed by atoms with Gasteiger partial charge in [-0.2, -0.15) is 5.10 Å². The first-order chi connectivity index (χ1) is 10.2. The summed E-state index contributed by atoms with van der Waals surface area (Å²) in [7, 11) is 0. The number of imidazole rings is 1. The maximum absolute atomic E-state index is 5.92. The molecule has 0 unspecified atom stereocenters. The van der Waals surface area contributed by atoms with E-state index in [0.29, 0.717) is 5.88 Å². The lowest BCUT2D eigenvalue weighted by Crippen LogP contribution is -2.11. The molecule has 0 spiro atoms. The highest BCUT2D eigenvalue weighted by Crippen LogP contribution is 2.21. The van der Waals surface area contributed by atoms with Crippen LogP contribution >= 0.6 is 11.6 Å². The van der Waals surface area contributed by atoms with Gasteiger partial charge >= 0.3 is 0 Å². The molecule has 5 nitrogen and oxygen atoms in total. The molecule has 0 atom stereocenters. The van der Waals surface area contributed by atoms with Gasteiger partial charge in [0.05, 0.1) is 5.69 Å². The normalized spacial score (nSPS) is 11.6. The van der Waals surface area contributed by atoms with Crippen LogP contribution in [0.25, 0.3) is 11.2 Å². The van der Waals surface area contributed by atoms with Crippen LogP contribution in [0.4, 0.5) is 0 Å². The molecule has 0 aliphatic rings. The van der Waals surface area contributed by atoms with Crippen molar-refractivity contribution in [3.8, 4) is 0 Å². The van der Waals surface area contributed by atoms with E-state index in [2.05, 4.69) is 23.5 Å². The van der Waals surface area contributed by atoms with Crippen molar-refractivity contribution in [3.05, 3.63) is 11.5 Å². The molecular formula is C15H25ClN4O. The van der Waals surface area contributed by atoms with Gasteiger partial charge in [-0.15, -0.1) is 11.6 Å². The second-order valence-corrected chi connectivity index (χ2v) is 5.54. The van der Waals surface area contributed by atoms with E-state index >= 15 is 0 Å². The van der Waals surface area contributed by atoms with Gasteiger partial charge in [0.25, 0.3) is 0 Å². The van der Waals surface area contributed by atoms with Crippen molar-refractivity contribution in [1.29, 1.82) is 0 Å². The third kappa shape index (κ3) is 3.58. The molecule has 0 aromatic carbocycles. The molecule has 118 valence electrons. The van der Waals surface area contributed by atoms with E-state index in [0.717, 1.165) is 68.2 Å². The Morgan fingerprint density at radius 3 is 2.71 bits per heavy atom. The second-order valence-electron chi connectivity index (χ2n) is 5.16. The van der Waals surface area contributed by atoms with Gasteiger partial charge in [-0.25, -0.2) is 9.67 Å². The van der Waals surface area contributed by atoms with Gasteiger partial charge in [-0.05, 0) is 26.7 Å². The van der Waals surface area contributed by atoms with E-state index in [1.807, 2.05) is 11.6 Å². The lowest BCUT2D eigenvalue weighted by Gasteiger charge is -2.10. The summed E-state index contributed by atoms with van der Waals surface area (Å²) < 4.78 is 9.86. The van der Waals surface area contributed by atoms with E-state index in [1.165, 1.54) is 0 Å². The van der Waals surface area contributed by atoms with Gasteiger partial charge < -0.3 is 9.30 Å². The smallest absolute Gasteiger partial charge is 0.158 e. The van der Waals surface area contributed by atoms with Crippen molar-refractivity contribution in [2.45, 2.75) is 53.1 Å². The van der Waals surface area contributed by atoms with Crippen molar-refractivity contribution >= 4 is 22.8 Å². The molecule has 0 aliphatic carbocycles.